The normalized spacial score (nSPS) is 33.5. The van der Waals surface area contributed by atoms with E-state index in [-0.39, 0.29) is 30.3 Å². The molecule has 1 saturated carbocycles. The summed E-state index contributed by atoms with van der Waals surface area (Å²) in [7, 11) is 1.59. The molecule has 8 nitrogen and oxygen atoms in total. The third-order valence-electron chi connectivity index (χ3n) is 9.56. The number of amides is 3. The van der Waals surface area contributed by atoms with E-state index in [9.17, 15) is 14.4 Å². The van der Waals surface area contributed by atoms with E-state index in [1.807, 2.05) is 36.4 Å². The maximum Gasteiger partial charge on any atom is 0.246 e. The van der Waals surface area contributed by atoms with Crippen LogP contribution in [0.25, 0.3) is 0 Å². The van der Waals surface area contributed by atoms with Crippen molar-refractivity contribution < 1.29 is 23.9 Å². The summed E-state index contributed by atoms with van der Waals surface area (Å²) < 4.78 is 11.9. The number of ether oxygens (including phenoxy) is 2. The first-order valence-corrected chi connectivity index (χ1v) is 14.8. The zero-order chi connectivity index (χ0) is 28.9. The van der Waals surface area contributed by atoms with Crippen molar-refractivity contribution in [3.8, 4) is 5.75 Å². The van der Waals surface area contributed by atoms with Gasteiger partial charge in [0.2, 0.25) is 17.7 Å². The topological polar surface area (TPSA) is 97.0 Å². The molecule has 8 atom stereocenters. The number of rotatable bonds is 7. The lowest BCUT2D eigenvalue weighted by Crippen LogP contribution is -2.57. The number of halogens is 1. The van der Waals surface area contributed by atoms with Gasteiger partial charge in [0, 0.05) is 23.3 Å². The minimum absolute atomic E-state index is 0.0158. The highest BCUT2D eigenvalue weighted by Crippen LogP contribution is 2.55. The molecule has 2 bridgehead atoms. The summed E-state index contributed by atoms with van der Waals surface area (Å²) in [5.41, 5.74) is 0.178. The molecular formula is C32H36ClN3O5. The smallest absolute Gasteiger partial charge is 0.246 e. The number of carbonyl (C=O) groups is 3. The van der Waals surface area contributed by atoms with Crippen molar-refractivity contribution in [3.05, 3.63) is 71.3 Å². The molecule has 216 valence electrons. The maximum atomic E-state index is 14.3. The Morgan fingerprint density at radius 3 is 2.66 bits per heavy atom. The van der Waals surface area contributed by atoms with Gasteiger partial charge in [-0.1, -0.05) is 62.6 Å². The number of methoxy groups -OCH3 is 1. The molecule has 2 N–H and O–H groups in total. The lowest BCUT2D eigenvalue weighted by atomic mass is 9.73. The first kappa shape index (κ1) is 27.8. The molecule has 1 spiro atoms. The van der Waals surface area contributed by atoms with E-state index in [0.717, 1.165) is 24.8 Å². The van der Waals surface area contributed by atoms with Gasteiger partial charge < -0.3 is 25.0 Å². The number of benzene rings is 2. The van der Waals surface area contributed by atoms with Crippen molar-refractivity contribution in [2.45, 2.75) is 63.4 Å². The number of fused-ring (bicyclic) bond motifs is 1. The second-order valence-electron chi connectivity index (χ2n) is 11.9. The Hall–Kier alpha value is -3.36. The number of likely N-dealkylation sites (tertiary alicyclic amines) is 1. The van der Waals surface area contributed by atoms with E-state index in [1.54, 1.807) is 36.3 Å². The second-order valence-corrected chi connectivity index (χ2v) is 12.3. The van der Waals surface area contributed by atoms with Gasteiger partial charge in [-0.05, 0) is 60.2 Å². The van der Waals surface area contributed by atoms with Gasteiger partial charge in [0.15, 0.2) is 0 Å². The largest absolute Gasteiger partial charge is 0.497 e. The fourth-order valence-electron chi connectivity index (χ4n) is 7.21. The van der Waals surface area contributed by atoms with E-state index >= 15 is 0 Å². The quantitative estimate of drug-likeness (QED) is 0.470. The van der Waals surface area contributed by atoms with Crippen LogP contribution in [-0.4, -0.2) is 53.5 Å². The summed E-state index contributed by atoms with van der Waals surface area (Å²) in [6.45, 7) is 4.59. The summed E-state index contributed by atoms with van der Waals surface area (Å²) >= 11 is 6.01. The Bertz CT molecular complexity index is 1380. The van der Waals surface area contributed by atoms with E-state index in [4.69, 9.17) is 21.1 Å². The van der Waals surface area contributed by atoms with Gasteiger partial charge in [0.1, 0.15) is 17.4 Å². The van der Waals surface area contributed by atoms with Crippen LogP contribution in [-0.2, 0) is 25.7 Å². The number of anilines is 1. The monoisotopic (exact) mass is 577 g/mol. The number of nitrogens with zero attached hydrogens (tertiary/aromatic N) is 1. The third kappa shape index (κ3) is 4.81. The van der Waals surface area contributed by atoms with Crippen molar-refractivity contribution >= 4 is 35.0 Å². The minimum Gasteiger partial charge on any atom is -0.497 e. The van der Waals surface area contributed by atoms with Crippen LogP contribution in [0.2, 0.25) is 5.02 Å². The van der Waals surface area contributed by atoms with Crippen LogP contribution < -0.4 is 15.4 Å². The Balaban J connectivity index is 1.33. The molecular weight excluding hydrogens is 542 g/mol. The molecule has 1 aliphatic carbocycles. The molecule has 0 unspecified atom stereocenters. The van der Waals surface area contributed by atoms with Crippen molar-refractivity contribution in [3.63, 3.8) is 0 Å². The van der Waals surface area contributed by atoms with Gasteiger partial charge in [-0.25, -0.2) is 0 Å². The molecule has 6 rings (SSSR count). The van der Waals surface area contributed by atoms with Crippen LogP contribution in [0.4, 0.5) is 5.69 Å². The van der Waals surface area contributed by atoms with Crippen molar-refractivity contribution in [1.29, 1.82) is 0 Å². The lowest BCUT2D eigenvalue weighted by Gasteiger charge is -2.38. The summed E-state index contributed by atoms with van der Waals surface area (Å²) in [6.07, 6.45) is 6.16. The highest BCUT2D eigenvalue weighted by atomic mass is 35.5. The highest BCUT2D eigenvalue weighted by molar-refractivity contribution is 6.30. The second kappa shape index (κ2) is 10.8. The van der Waals surface area contributed by atoms with Gasteiger partial charge in [-0.3, -0.25) is 14.4 Å². The van der Waals surface area contributed by atoms with Crippen LogP contribution in [0, 0.1) is 23.7 Å². The summed E-state index contributed by atoms with van der Waals surface area (Å²) in [4.78, 5) is 43.7. The molecule has 0 radical (unpaired) electrons. The zero-order valence-corrected chi connectivity index (χ0v) is 24.3. The molecule has 41 heavy (non-hydrogen) atoms. The van der Waals surface area contributed by atoms with Crippen LogP contribution >= 0.6 is 11.6 Å². The minimum atomic E-state index is -1.23. The molecule has 2 saturated heterocycles. The summed E-state index contributed by atoms with van der Waals surface area (Å²) in [6, 6.07) is 13.4. The molecule has 3 fully saturated rings. The molecule has 2 aromatic rings. The van der Waals surface area contributed by atoms with E-state index in [1.165, 1.54) is 0 Å². The summed E-state index contributed by atoms with van der Waals surface area (Å²) in [5, 5.41) is 6.78. The Morgan fingerprint density at radius 2 is 1.90 bits per heavy atom. The summed E-state index contributed by atoms with van der Waals surface area (Å²) in [5.74, 6) is -0.942. The lowest BCUT2D eigenvalue weighted by molar-refractivity contribution is -0.142. The Kier molecular flexibility index (Phi) is 7.32. The number of hydrogen-bond acceptors (Lipinski definition) is 5. The molecule has 0 aromatic heterocycles. The average Bonchev–Trinajstić information content (AvgIpc) is 3.60. The first-order chi connectivity index (χ1) is 19.7. The van der Waals surface area contributed by atoms with Crippen LogP contribution in [0.15, 0.2) is 60.7 Å². The van der Waals surface area contributed by atoms with Crippen LogP contribution in [0.1, 0.15) is 38.7 Å². The van der Waals surface area contributed by atoms with Crippen LogP contribution in [0.3, 0.4) is 0 Å². The number of nitrogens with one attached hydrogen (secondary N) is 2. The maximum absolute atomic E-state index is 14.3. The zero-order valence-electron chi connectivity index (χ0n) is 23.5. The SMILES string of the molecule is COc1cccc(CN2C(=O)[C@H]3[C@H](C(=O)Nc4ccc(Cl)cc4)[C@H]4C=C[C@@]3(O4)[C@@H]2C(=O)N[C@@H]2CCC[C@@H](C)[C@H]2C)c1. The fraction of sp³-hybridized carbons (Fsp3) is 0.469. The van der Waals surface area contributed by atoms with Gasteiger partial charge >= 0.3 is 0 Å². The molecule has 3 amide bonds. The Morgan fingerprint density at radius 1 is 1.12 bits per heavy atom. The fourth-order valence-corrected chi connectivity index (χ4v) is 7.34. The molecule has 4 aliphatic rings. The number of hydrogen-bond donors (Lipinski definition) is 2. The van der Waals surface area contributed by atoms with Gasteiger partial charge in [0.25, 0.3) is 0 Å². The van der Waals surface area contributed by atoms with Gasteiger partial charge in [0.05, 0.1) is 25.0 Å². The first-order valence-electron chi connectivity index (χ1n) is 14.4. The molecule has 3 heterocycles. The predicted molar refractivity (Wildman–Crippen MR) is 155 cm³/mol. The van der Waals surface area contributed by atoms with E-state index < -0.39 is 29.6 Å². The van der Waals surface area contributed by atoms with Crippen molar-refractivity contribution in [2.75, 3.05) is 12.4 Å². The third-order valence-corrected chi connectivity index (χ3v) is 9.81. The molecule has 3 aliphatic heterocycles. The number of carbonyl (C=O) groups excluding carboxylic acids is 3. The molecule has 2 aromatic carbocycles. The van der Waals surface area contributed by atoms with Crippen molar-refractivity contribution in [1.82, 2.24) is 10.2 Å². The standard InChI is InChI=1S/C32H36ClN3O5/c1-18-6-4-9-24(19(18)2)35-30(38)28-32-15-14-25(41-32)26(29(37)34-22-12-10-21(33)11-13-22)27(32)31(39)36(28)17-20-7-5-8-23(16-20)40-3/h5,7-8,10-16,18-19,24-28H,4,6,9,17H2,1-3H3,(H,34,37)(H,35,38)/t18-,19-,24-,25-,26-,27-,28+,32+/m1/s1. The van der Waals surface area contributed by atoms with Crippen molar-refractivity contribution in [2.24, 2.45) is 23.7 Å². The average molecular weight is 578 g/mol. The van der Waals surface area contributed by atoms with E-state index in [0.29, 0.717) is 28.3 Å². The van der Waals surface area contributed by atoms with Crippen LogP contribution in [0.5, 0.6) is 5.75 Å². The van der Waals surface area contributed by atoms with Gasteiger partial charge in [-0.2, -0.15) is 0 Å². The molecule has 9 heteroatoms. The predicted octanol–water partition coefficient (Wildman–Crippen LogP) is 4.58. The highest BCUT2D eigenvalue weighted by Gasteiger charge is 2.72. The van der Waals surface area contributed by atoms with Gasteiger partial charge in [-0.15, -0.1) is 0 Å². The van der Waals surface area contributed by atoms with E-state index in [2.05, 4.69) is 24.5 Å². The Labute approximate surface area is 245 Å².